The Bertz CT molecular complexity index is 488. The van der Waals surface area contributed by atoms with Gasteiger partial charge in [-0.1, -0.05) is 20.8 Å². The fraction of sp³-hybridized carbons (Fsp3) is 0.947. The van der Waals surface area contributed by atoms with E-state index in [-0.39, 0.29) is 35.2 Å². The van der Waals surface area contributed by atoms with Crippen molar-refractivity contribution in [3.8, 4) is 0 Å². The molecular formula is C19H36N2O3. The minimum absolute atomic E-state index is 0.0434. The molecule has 5 nitrogen and oxygen atoms in total. The molecule has 2 rings (SSSR count). The van der Waals surface area contributed by atoms with E-state index in [0.29, 0.717) is 0 Å². The van der Waals surface area contributed by atoms with Crippen LogP contribution in [0.2, 0.25) is 0 Å². The van der Waals surface area contributed by atoms with Crippen LogP contribution in [0.3, 0.4) is 0 Å². The van der Waals surface area contributed by atoms with Crippen LogP contribution in [0, 0.1) is 5.41 Å². The Labute approximate surface area is 147 Å². The van der Waals surface area contributed by atoms with E-state index in [1.165, 1.54) is 0 Å². The molecule has 1 aliphatic carbocycles. The van der Waals surface area contributed by atoms with Gasteiger partial charge in [-0.05, 0) is 52.9 Å². The summed E-state index contributed by atoms with van der Waals surface area (Å²) in [4.78, 5) is 17.3. The third kappa shape index (κ3) is 3.43. The molecule has 0 bridgehead atoms. The second-order valence-corrected chi connectivity index (χ2v) is 9.99. The zero-order chi connectivity index (χ0) is 18.6. The van der Waals surface area contributed by atoms with Crippen molar-refractivity contribution in [3.63, 3.8) is 0 Å². The van der Waals surface area contributed by atoms with Crippen molar-refractivity contribution in [2.75, 3.05) is 19.7 Å². The van der Waals surface area contributed by atoms with Crippen LogP contribution in [0.25, 0.3) is 0 Å². The summed E-state index contributed by atoms with van der Waals surface area (Å²) in [5.41, 5.74) is -1.05. The van der Waals surface area contributed by atoms with Crippen LogP contribution in [0.1, 0.15) is 68.2 Å². The summed E-state index contributed by atoms with van der Waals surface area (Å²) < 4.78 is 5.72. The summed E-state index contributed by atoms with van der Waals surface area (Å²) in [7, 11) is 0. The van der Waals surface area contributed by atoms with Crippen LogP contribution in [0.5, 0.6) is 0 Å². The Hall–Kier alpha value is -0.810. The molecule has 0 aromatic rings. The fourth-order valence-electron chi connectivity index (χ4n) is 3.77. The second kappa shape index (κ2) is 5.87. The first-order valence-corrected chi connectivity index (χ1v) is 9.14. The van der Waals surface area contributed by atoms with Gasteiger partial charge in [0.2, 0.25) is 0 Å². The average Bonchev–Trinajstić information content (AvgIpc) is 3.15. The highest BCUT2D eigenvalue weighted by Crippen LogP contribution is 2.48. The fourth-order valence-corrected chi connectivity index (χ4v) is 3.77. The maximum atomic E-state index is 13.0. The summed E-state index contributed by atoms with van der Waals surface area (Å²) in [6.45, 7) is 18.3. The molecule has 2 fully saturated rings. The normalized spacial score (nSPS) is 31.0. The first-order valence-electron chi connectivity index (χ1n) is 9.14. The topological polar surface area (TPSA) is 53.0 Å². The number of ether oxygens (including phenoxy) is 1. The monoisotopic (exact) mass is 340 g/mol. The van der Waals surface area contributed by atoms with Crippen molar-refractivity contribution in [2.24, 2.45) is 5.41 Å². The molecule has 24 heavy (non-hydrogen) atoms. The van der Waals surface area contributed by atoms with Gasteiger partial charge in [-0.15, -0.1) is 0 Å². The highest BCUT2D eigenvalue weighted by Gasteiger charge is 2.58. The predicted octanol–water partition coefficient (Wildman–Crippen LogP) is 3.26. The Kier molecular flexibility index (Phi) is 4.77. The maximum Gasteiger partial charge on any atom is 0.411 e. The molecule has 1 aliphatic heterocycles. The first-order chi connectivity index (χ1) is 10.8. The third-order valence-corrected chi connectivity index (χ3v) is 5.95. The molecule has 140 valence electrons. The number of nitrogens with zero attached hydrogens (tertiary/aromatic N) is 2. The van der Waals surface area contributed by atoms with Crippen molar-refractivity contribution in [3.05, 3.63) is 0 Å². The van der Waals surface area contributed by atoms with Crippen LogP contribution < -0.4 is 0 Å². The standard InChI is InChI=1S/C19H36N2O3/c1-14-11-20(19(13-22)9-10-19)12-18(8,16(2,3)4)21(14)15(23)24-17(5,6)7/h14,22H,9-13H2,1-8H3/t14-,18-/m1/s1. The number of hydrogen-bond acceptors (Lipinski definition) is 4. The lowest BCUT2D eigenvalue weighted by Gasteiger charge is -2.59. The summed E-state index contributed by atoms with van der Waals surface area (Å²) in [6, 6.07) is 0.0434. The minimum Gasteiger partial charge on any atom is -0.444 e. The lowest BCUT2D eigenvalue weighted by molar-refractivity contribution is -0.105. The van der Waals surface area contributed by atoms with E-state index in [2.05, 4.69) is 39.5 Å². The zero-order valence-electron chi connectivity index (χ0n) is 16.8. The predicted molar refractivity (Wildman–Crippen MR) is 96.0 cm³/mol. The number of amides is 1. The number of aliphatic hydroxyl groups is 1. The Morgan fingerprint density at radius 2 is 1.75 bits per heavy atom. The van der Waals surface area contributed by atoms with E-state index >= 15 is 0 Å². The third-order valence-electron chi connectivity index (χ3n) is 5.95. The molecule has 1 N–H and O–H groups in total. The molecule has 1 saturated carbocycles. The zero-order valence-corrected chi connectivity index (χ0v) is 16.8. The number of carbonyl (C=O) groups excluding carboxylic acids is 1. The van der Waals surface area contributed by atoms with Crippen molar-refractivity contribution in [1.29, 1.82) is 0 Å². The summed E-state index contributed by atoms with van der Waals surface area (Å²) in [5, 5.41) is 9.85. The van der Waals surface area contributed by atoms with E-state index in [1.54, 1.807) is 0 Å². The first kappa shape index (κ1) is 19.5. The van der Waals surface area contributed by atoms with Gasteiger partial charge in [0.1, 0.15) is 5.60 Å². The van der Waals surface area contributed by atoms with E-state index in [9.17, 15) is 9.90 Å². The lowest BCUT2D eigenvalue weighted by atomic mass is 9.71. The quantitative estimate of drug-likeness (QED) is 0.838. The average molecular weight is 341 g/mol. The van der Waals surface area contributed by atoms with Crippen LogP contribution in [0.15, 0.2) is 0 Å². The van der Waals surface area contributed by atoms with Gasteiger partial charge in [0.25, 0.3) is 0 Å². The van der Waals surface area contributed by atoms with Gasteiger partial charge in [-0.2, -0.15) is 0 Å². The highest BCUT2D eigenvalue weighted by molar-refractivity contribution is 5.70. The Morgan fingerprint density at radius 3 is 2.12 bits per heavy atom. The van der Waals surface area contributed by atoms with Crippen LogP contribution in [-0.2, 0) is 4.74 Å². The van der Waals surface area contributed by atoms with Crippen molar-refractivity contribution in [2.45, 2.75) is 91.0 Å². The van der Waals surface area contributed by atoms with E-state index in [4.69, 9.17) is 4.74 Å². The smallest absolute Gasteiger partial charge is 0.411 e. The van der Waals surface area contributed by atoms with Gasteiger partial charge in [0.05, 0.1) is 12.1 Å². The van der Waals surface area contributed by atoms with Gasteiger partial charge in [-0.3, -0.25) is 9.80 Å². The maximum absolute atomic E-state index is 13.0. The van der Waals surface area contributed by atoms with Gasteiger partial charge in [0, 0.05) is 24.7 Å². The molecule has 1 saturated heterocycles. The number of rotatable bonds is 2. The SMILES string of the molecule is C[C@@H]1CN(C2(CO)CC2)C[C@](C)(C(C)(C)C)N1C(=O)OC(C)(C)C. The van der Waals surface area contributed by atoms with Crippen molar-refractivity contribution < 1.29 is 14.6 Å². The molecule has 0 unspecified atom stereocenters. The molecular weight excluding hydrogens is 304 g/mol. The molecule has 0 aromatic heterocycles. The molecule has 2 atom stereocenters. The van der Waals surface area contributed by atoms with Gasteiger partial charge >= 0.3 is 6.09 Å². The molecule has 5 heteroatoms. The molecule has 1 amide bonds. The molecule has 2 aliphatic rings. The number of hydrogen-bond donors (Lipinski definition) is 1. The number of aliphatic hydroxyl groups excluding tert-OH is 1. The van der Waals surface area contributed by atoms with Crippen molar-refractivity contribution in [1.82, 2.24) is 9.80 Å². The van der Waals surface area contributed by atoms with Crippen molar-refractivity contribution >= 4 is 6.09 Å². The Morgan fingerprint density at radius 1 is 1.21 bits per heavy atom. The van der Waals surface area contributed by atoms with Crippen LogP contribution in [-0.4, -0.2) is 63.4 Å². The van der Waals surface area contributed by atoms with Crippen LogP contribution in [0.4, 0.5) is 4.79 Å². The van der Waals surface area contributed by atoms with E-state index < -0.39 is 5.60 Å². The second-order valence-electron chi connectivity index (χ2n) is 9.99. The largest absolute Gasteiger partial charge is 0.444 e. The highest BCUT2D eigenvalue weighted by atomic mass is 16.6. The van der Waals surface area contributed by atoms with Crippen LogP contribution >= 0.6 is 0 Å². The van der Waals surface area contributed by atoms with Gasteiger partial charge in [0.15, 0.2) is 0 Å². The van der Waals surface area contributed by atoms with E-state index in [0.717, 1.165) is 25.9 Å². The molecule has 0 radical (unpaired) electrons. The van der Waals surface area contributed by atoms with Gasteiger partial charge in [-0.25, -0.2) is 4.79 Å². The Balaban J connectivity index is 2.34. The molecule has 0 aromatic carbocycles. The van der Waals surface area contributed by atoms with E-state index in [1.807, 2.05) is 25.7 Å². The molecule has 1 heterocycles. The summed E-state index contributed by atoms with van der Waals surface area (Å²) in [5.74, 6) is 0. The lowest BCUT2D eigenvalue weighted by Crippen LogP contribution is -2.72. The summed E-state index contributed by atoms with van der Waals surface area (Å²) >= 11 is 0. The minimum atomic E-state index is -0.504. The number of piperazine rings is 1. The molecule has 0 spiro atoms. The number of carbonyl (C=O) groups is 1. The van der Waals surface area contributed by atoms with Gasteiger partial charge < -0.3 is 9.84 Å². The summed E-state index contributed by atoms with van der Waals surface area (Å²) in [6.07, 6.45) is 1.85.